The number of aromatic nitrogens is 3. The van der Waals surface area contributed by atoms with E-state index in [1.165, 1.54) is 6.07 Å². The SMILES string of the molecule is CCCn1c(-c2ccccc2F)n[nH]c1=S. The van der Waals surface area contributed by atoms with E-state index < -0.39 is 0 Å². The van der Waals surface area contributed by atoms with Crippen molar-refractivity contribution in [2.24, 2.45) is 0 Å². The Morgan fingerprint density at radius 1 is 1.44 bits per heavy atom. The minimum atomic E-state index is -0.283. The molecule has 2 aromatic rings. The molecule has 5 heteroatoms. The first-order chi connectivity index (χ1) is 7.74. The van der Waals surface area contributed by atoms with Crippen molar-refractivity contribution in [3.8, 4) is 11.4 Å². The van der Waals surface area contributed by atoms with Crippen molar-refractivity contribution in [3.63, 3.8) is 0 Å². The van der Waals surface area contributed by atoms with Gasteiger partial charge < -0.3 is 4.57 Å². The summed E-state index contributed by atoms with van der Waals surface area (Å²) in [7, 11) is 0. The van der Waals surface area contributed by atoms with Gasteiger partial charge in [0.2, 0.25) is 0 Å². The predicted molar refractivity (Wildman–Crippen MR) is 63.1 cm³/mol. The fraction of sp³-hybridized carbons (Fsp3) is 0.273. The van der Waals surface area contributed by atoms with E-state index in [4.69, 9.17) is 12.2 Å². The second-order valence-corrected chi connectivity index (χ2v) is 3.87. The Bertz CT molecular complexity index is 544. The lowest BCUT2D eigenvalue weighted by atomic mass is 10.2. The zero-order valence-electron chi connectivity index (χ0n) is 8.90. The number of rotatable bonds is 3. The number of nitrogens with zero attached hydrogens (tertiary/aromatic N) is 2. The summed E-state index contributed by atoms with van der Waals surface area (Å²) < 4.78 is 15.9. The Balaban J connectivity index is 2.56. The average Bonchev–Trinajstić information content (AvgIpc) is 2.62. The third kappa shape index (κ3) is 1.90. The summed E-state index contributed by atoms with van der Waals surface area (Å²) in [6, 6.07) is 6.56. The Hall–Kier alpha value is -1.49. The van der Waals surface area contributed by atoms with Gasteiger partial charge in [0, 0.05) is 6.54 Å². The van der Waals surface area contributed by atoms with Crippen LogP contribution in [-0.4, -0.2) is 14.8 Å². The second kappa shape index (κ2) is 4.57. The van der Waals surface area contributed by atoms with Gasteiger partial charge in [0.25, 0.3) is 0 Å². The fourth-order valence-corrected chi connectivity index (χ4v) is 1.82. The third-order valence-electron chi connectivity index (χ3n) is 2.32. The summed E-state index contributed by atoms with van der Waals surface area (Å²) in [5.41, 5.74) is 0.475. The van der Waals surface area contributed by atoms with Crippen molar-refractivity contribution in [2.45, 2.75) is 19.9 Å². The number of hydrogen-bond donors (Lipinski definition) is 1. The molecule has 16 heavy (non-hydrogen) atoms. The van der Waals surface area contributed by atoms with E-state index in [1.54, 1.807) is 18.2 Å². The molecule has 0 radical (unpaired) electrons. The van der Waals surface area contributed by atoms with Crippen LogP contribution in [0.3, 0.4) is 0 Å². The normalized spacial score (nSPS) is 10.6. The third-order valence-corrected chi connectivity index (χ3v) is 2.63. The Kier molecular flexibility index (Phi) is 3.14. The number of nitrogens with one attached hydrogen (secondary N) is 1. The van der Waals surface area contributed by atoms with Crippen LogP contribution in [0.5, 0.6) is 0 Å². The lowest BCUT2D eigenvalue weighted by Gasteiger charge is -2.05. The topological polar surface area (TPSA) is 33.6 Å². The van der Waals surface area contributed by atoms with Crippen LogP contribution in [0.15, 0.2) is 24.3 Å². The molecule has 1 aromatic carbocycles. The summed E-state index contributed by atoms with van der Waals surface area (Å²) in [5, 5.41) is 6.77. The Morgan fingerprint density at radius 2 is 2.19 bits per heavy atom. The molecule has 3 nitrogen and oxygen atoms in total. The van der Waals surface area contributed by atoms with Crippen LogP contribution in [-0.2, 0) is 6.54 Å². The van der Waals surface area contributed by atoms with Crippen LogP contribution in [0.4, 0.5) is 4.39 Å². The highest BCUT2D eigenvalue weighted by Gasteiger charge is 2.11. The van der Waals surface area contributed by atoms with Crippen LogP contribution in [0.1, 0.15) is 13.3 Å². The molecule has 0 spiro atoms. The van der Waals surface area contributed by atoms with Crippen molar-refractivity contribution in [2.75, 3.05) is 0 Å². The van der Waals surface area contributed by atoms with Gasteiger partial charge in [-0.3, -0.25) is 5.10 Å². The van der Waals surface area contributed by atoms with Crippen LogP contribution < -0.4 is 0 Å². The van der Waals surface area contributed by atoms with Crippen molar-refractivity contribution in [1.82, 2.24) is 14.8 Å². The average molecular weight is 237 g/mol. The molecular formula is C11H12FN3S. The lowest BCUT2D eigenvalue weighted by Crippen LogP contribution is -2.01. The molecule has 0 amide bonds. The van der Waals surface area contributed by atoms with E-state index in [0.717, 1.165) is 13.0 Å². The molecule has 1 heterocycles. The van der Waals surface area contributed by atoms with Crippen LogP contribution >= 0.6 is 12.2 Å². The highest BCUT2D eigenvalue weighted by Crippen LogP contribution is 2.20. The zero-order chi connectivity index (χ0) is 11.5. The minimum Gasteiger partial charge on any atom is -0.300 e. The molecule has 1 aromatic heterocycles. The van der Waals surface area contributed by atoms with E-state index in [1.807, 2.05) is 11.5 Å². The van der Waals surface area contributed by atoms with E-state index >= 15 is 0 Å². The highest BCUT2D eigenvalue weighted by atomic mass is 32.1. The zero-order valence-corrected chi connectivity index (χ0v) is 9.72. The smallest absolute Gasteiger partial charge is 0.195 e. The maximum Gasteiger partial charge on any atom is 0.195 e. The lowest BCUT2D eigenvalue weighted by molar-refractivity contribution is 0.623. The van der Waals surface area contributed by atoms with Gasteiger partial charge in [-0.15, -0.1) is 0 Å². The number of benzene rings is 1. The first kappa shape index (κ1) is 11.0. The molecule has 0 aliphatic rings. The molecule has 0 aliphatic carbocycles. The maximum atomic E-state index is 13.6. The van der Waals surface area contributed by atoms with Gasteiger partial charge in [0.1, 0.15) is 5.82 Å². The summed E-state index contributed by atoms with van der Waals surface area (Å²) >= 11 is 5.10. The number of H-pyrrole nitrogens is 1. The standard InChI is InChI=1S/C11H12FN3S/c1-2-7-15-10(13-14-11(15)16)8-5-3-4-6-9(8)12/h3-6H,2,7H2,1H3,(H,14,16). The van der Waals surface area contributed by atoms with Gasteiger partial charge >= 0.3 is 0 Å². The van der Waals surface area contributed by atoms with Gasteiger partial charge in [0.15, 0.2) is 10.6 Å². The first-order valence-electron chi connectivity index (χ1n) is 5.14. The van der Waals surface area contributed by atoms with Gasteiger partial charge in [-0.05, 0) is 30.8 Å². The quantitative estimate of drug-likeness (QED) is 0.832. The highest BCUT2D eigenvalue weighted by molar-refractivity contribution is 7.71. The molecule has 0 saturated carbocycles. The molecular weight excluding hydrogens is 225 g/mol. The van der Waals surface area contributed by atoms with Gasteiger partial charge in [0.05, 0.1) is 5.56 Å². The second-order valence-electron chi connectivity index (χ2n) is 3.48. The molecule has 0 bridgehead atoms. The van der Waals surface area contributed by atoms with Gasteiger partial charge in [-0.2, -0.15) is 5.10 Å². The van der Waals surface area contributed by atoms with Gasteiger partial charge in [-0.1, -0.05) is 19.1 Å². The summed E-state index contributed by atoms with van der Waals surface area (Å²) in [4.78, 5) is 0. The van der Waals surface area contributed by atoms with Crippen molar-refractivity contribution >= 4 is 12.2 Å². The van der Waals surface area contributed by atoms with Gasteiger partial charge in [-0.25, -0.2) is 4.39 Å². The van der Waals surface area contributed by atoms with Crippen molar-refractivity contribution < 1.29 is 4.39 Å². The van der Waals surface area contributed by atoms with Crippen LogP contribution in [0.25, 0.3) is 11.4 Å². The Labute approximate surface area is 97.9 Å². The molecule has 2 rings (SSSR count). The van der Waals surface area contributed by atoms with Crippen molar-refractivity contribution in [1.29, 1.82) is 0 Å². The Morgan fingerprint density at radius 3 is 2.88 bits per heavy atom. The number of aromatic amines is 1. The molecule has 0 unspecified atom stereocenters. The van der Waals surface area contributed by atoms with E-state index in [9.17, 15) is 4.39 Å². The molecule has 0 aliphatic heterocycles. The summed E-state index contributed by atoms with van der Waals surface area (Å²) in [6.45, 7) is 2.78. The largest absolute Gasteiger partial charge is 0.300 e. The van der Waals surface area contributed by atoms with E-state index in [0.29, 0.717) is 16.2 Å². The molecule has 0 fully saturated rings. The molecule has 0 saturated heterocycles. The summed E-state index contributed by atoms with van der Waals surface area (Å²) in [5.74, 6) is 0.277. The van der Waals surface area contributed by atoms with Crippen molar-refractivity contribution in [3.05, 3.63) is 34.9 Å². The molecule has 0 atom stereocenters. The monoisotopic (exact) mass is 237 g/mol. The predicted octanol–water partition coefficient (Wildman–Crippen LogP) is 3.16. The van der Waals surface area contributed by atoms with E-state index in [2.05, 4.69) is 10.2 Å². The van der Waals surface area contributed by atoms with E-state index in [-0.39, 0.29) is 5.82 Å². The summed E-state index contributed by atoms with van der Waals surface area (Å²) in [6.07, 6.45) is 0.926. The molecule has 1 N–H and O–H groups in total. The number of hydrogen-bond acceptors (Lipinski definition) is 2. The first-order valence-corrected chi connectivity index (χ1v) is 5.55. The fourth-order valence-electron chi connectivity index (χ4n) is 1.60. The van der Waals surface area contributed by atoms with Crippen LogP contribution in [0, 0.1) is 10.6 Å². The minimum absolute atomic E-state index is 0.283. The number of halogens is 1. The van der Waals surface area contributed by atoms with Crippen LogP contribution in [0.2, 0.25) is 0 Å². The molecule has 84 valence electrons. The maximum absolute atomic E-state index is 13.6.